The van der Waals surface area contributed by atoms with Crippen LogP contribution in [0, 0.1) is 0 Å². The van der Waals surface area contributed by atoms with Crippen LogP contribution < -0.4 is 5.32 Å². The molecule has 0 radical (unpaired) electrons. The van der Waals surface area contributed by atoms with Gasteiger partial charge in [0.05, 0.1) is 0 Å². The summed E-state index contributed by atoms with van der Waals surface area (Å²) in [6.45, 7) is 2.62. The van der Waals surface area contributed by atoms with Gasteiger partial charge in [-0.1, -0.05) is 40.5 Å². The Labute approximate surface area is 160 Å². The number of thioether (sulfide) groups is 1. The van der Waals surface area contributed by atoms with Crippen LogP contribution in [-0.2, 0) is 9.59 Å². The minimum Gasteiger partial charge on any atom is -0.326 e. The number of halogens is 1. The number of hydrogen-bond donors (Lipinski definition) is 1. The maximum absolute atomic E-state index is 12.8. The summed E-state index contributed by atoms with van der Waals surface area (Å²) < 4.78 is 0.958. The van der Waals surface area contributed by atoms with Gasteiger partial charge in [-0.05, 0) is 44.0 Å². The quantitative estimate of drug-likeness (QED) is 0.776. The van der Waals surface area contributed by atoms with Crippen molar-refractivity contribution in [1.82, 2.24) is 4.90 Å². The molecule has 1 saturated carbocycles. The van der Waals surface area contributed by atoms with Crippen molar-refractivity contribution >= 4 is 50.4 Å². The number of nitrogens with one attached hydrogen (secondary N) is 1. The van der Waals surface area contributed by atoms with Gasteiger partial charge < -0.3 is 5.32 Å². The maximum atomic E-state index is 12.8. The molecule has 1 heterocycles. The number of rotatable bonds is 5. The molecule has 0 spiro atoms. The number of hydrogen-bond acceptors (Lipinski definition) is 4. The lowest BCUT2D eigenvalue weighted by molar-refractivity contribution is -0.129. The zero-order valence-electron chi connectivity index (χ0n) is 14.2. The summed E-state index contributed by atoms with van der Waals surface area (Å²) in [6, 6.07) is 7.67. The van der Waals surface area contributed by atoms with Crippen LogP contribution in [0.3, 0.4) is 0 Å². The molecule has 134 valence electrons. The highest BCUT2D eigenvalue weighted by molar-refractivity contribution is 9.10. The van der Waals surface area contributed by atoms with Gasteiger partial charge in [0, 0.05) is 29.2 Å². The number of carbonyl (C=O) groups is 2. The second-order valence-electron chi connectivity index (χ2n) is 6.27. The summed E-state index contributed by atoms with van der Waals surface area (Å²) >= 11 is 4.81. The van der Waals surface area contributed by atoms with Gasteiger partial charge >= 0.3 is 0 Å². The molecular formula is C18H22BrN3O2S. The summed E-state index contributed by atoms with van der Waals surface area (Å²) in [5, 5.41) is 3.28. The van der Waals surface area contributed by atoms with Gasteiger partial charge in [0.25, 0.3) is 0 Å². The first kappa shape index (κ1) is 18.5. The lowest BCUT2D eigenvalue weighted by atomic mass is 10.2. The zero-order chi connectivity index (χ0) is 17.8. The van der Waals surface area contributed by atoms with Gasteiger partial charge in [0.1, 0.15) is 5.25 Å². The van der Waals surface area contributed by atoms with Crippen molar-refractivity contribution in [2.45, 2.75) is 50.3 Å². The van der Waals surface area contributed by atoms with Crippen molar-refractivity contribution in [2.24, 2.45) is 4.99 Å². The first-order chi connectivity index (χ1) is 12.1. The molecular weight excluding hydrogens is 402 g/mol. The summed E-state index contributed by atoms with van der Waals surface area (Å²) in [5.74, 6) is -0.104. The Hall–Kier alpha value is -1.34. The maximum Gasteiger partial charge on any atom is 0.242 e. The fourth-order valence-corrected chi connectivity index (χ4v) is 4.80. The van der Waals surface area contributed by atoms with Crippen LogP contribution in [0.15, 0.2) is 33.7 Å². The lowest BCUT2D eigenvalue weighted by Crippen LogP contribution is -2.40. The van der Waals surface area contributed by atoms with E-state index < -0.39 is 0 Å². The molecule has 25 heavy (non-hydrogen) atoms. The molecule has 5 nitrogen and oxygen atoms in total. The van der Waals surface area contributed by atoms with E-state index in [0.717, 1.165) is 41.0 Å². The summed E-state index contributed by atoms with van der Waals surface area (Å²) in [7, 11) is 0. The predicted octanol–water partition coefficient (Wildman–Crippen LogP) is 4.04. The van der Waals surface area contributed by atoms with Crippen LogP contribution in [-0.4, -0.2) is 39.7 Å². The van der Waals surface area contributed by atoms with E-state index in [9.17, 15) is 9.59 Å². The smallest absolute Gasteiger partial charge is 0.242 e. The van der Waals surface area contributed by atoms with Crippen LogP contribution in [0.2, 0.25) is 0 Å². The SMILES string of the molecule is CCN=C1SC(CC(=O)Nc2ccc(Br)cc2)C(=O)N1C1CCCC1. The van der Waals surface area contributed by atoms with E-state index in [1.807, 2.05) is 36.1 Å². The number of amidine groups is 1. The van der Waals surface area contributed by atoms with E-state index in [1.165, 1.54) is 11.8 Å². The Balaban J connectivity index is 1.65. The third-order valence-electron chi connectivity index (χ3n) is 4.45. The monoisotopic (exact) mass is 423 g/mol. The second-order valence-corrected chi connectivity index (χ2v) is 8.35. The number of anilines is 1. The normalized spacial score (nSPS) is 22.8. The van der Waals surface area contributed by atoms with Crippen LogP contribution in [0.4, 0.5) is 5.69 Å². The van der Waals surface area contributed by atoms with E-state index in [4.69, 9.17) is 0 Å². The van der Waals surface area contributed by atoms with E-state index in [0.29, 0.717) is 6.54 Å². The number of nitrogens with zero attached hydrogens (tertiary/aromatic N) is 2. The summed E-state index contributed by atoms with van der Waals surface area (Å²) in [4.78, 5) is 31.6. The highest BCUT2D eigenvalue weighted by Crippen LogP contribution is 2.36. The van der Waals surface area contributed by atoms with Crippen LogP contribution in [0.25, 0.3) is 0 Å². The largest absolute Gasteiger partial charge is 0.326 e. The third-order valence-corrected chi connectivity index (χ3v) is 6.17. The minimum atomic E-state index is -0.374. The molecule has 1 aliphatic heterocycles. The standard InChI is InChI=1S/C18H22BrN3O2S/c1-2-20-18-22(14-5-3-4-6-14)17(24)15(25-18)11-16(23)21-13-9-7-12(19)8-10-13/h7-10,14-15H,2-6,11H2,1H3,(H,21,23). The average Bonchev–Trinajstić information content (AvgIpc) is 3.19. The molecule has 3 rings (SSSR count). The van der Waals surface area contributed by atoms with Gasteiger partial charge in [-0.2, -0.15) is 0 Å². The Kier molecular flexibility index (Phi) is 6.17. The summed E-state index contributed by atoms with van der Waals surface area (Å²) in [6.07, 6.45) is 4.56. The Morgan fingerprint density at radius 2 is 2.00 bits per heavy atom. The van der Waals surface area contributed by atoms with Crippen molar-refractivity contribution in [3.8, 4) is 0 Å². The number of aliphatic imine (C=N–C) groups is 1. The zero-order valence-corrected chi connectivity index (χ0v) is 16.6. The number of amides is 2. The van der Waals surface area contributed by atoms with Crippen LogP contribution >= 0.6 is 27.7 Å². The van der Waals surface area contributed by atoms with E-state index >= 15 is 0 Å². The Bertz CT molecular complexity index is 671. The third kappa shape index (κ3) is 4.44. The van der Waals surface area contributed by atoms with Crippen molar-refractivity contribution < 1.29 is 9.59 Å². The summed E-state index contributed by atoms with van der Waals surface area (Å²) in [5.41, 5.74) is 0.735. The van der Waals surface area contributed by atoms with E-state index in [1.54, 1.807) is 0 Å². The van der Waals surface area contributed by atoms with Crippen LogP contribution in [0.5, 0.6) is 0 Å². The van der Waals surface area contributed by atoms with Gasteiger partial charge in [0.15, 0.2) is 5.17 Å². The fraction of sp³-hybridized carbons (Fsp3) is 0.500. The van der Waals surface area contributed by atoms with Crippen molar-refractivity contribution in [2.75, 3.05) is 11.9 Å². The molecule has 1 aliphatic carbocycles. The Morgan fingerprint density at radius 1 is 1.32 bits per heavy atom. The average molecular weight is 424 g/mol. The molecule has 2 aliphatic rings. The number of benzene rings is 1. The lowest BCUT2D eigenvalue weighted by Gasteiger charge is -2.23. The predicted molar refractivity (Wildman–Crippen MR) is 106 cm³/mol. The highest BCUT2D eigenvalue weighted by atomic mass is 79.9. The van der Waals surface area contributed by atoms with Gasteiger partial charge in [-0.25, -0.2) is 0 Å². The molecule has 1 atom stereocenters. The topological polar surface area (TPSA) is 61.8 Å². The molecule has 1 saturated heterocycles. The van der Waals surface area contributed by atoms with Gasteiger partial charge in [-0.3, -0.25) is 19.5 Å². The Morgan fingerprint density at radius 3 is 2.64 bits per heavy atom. The molecule has 1 aromatic rings. The van der Waals surface area contributed by atoms with Crippen molar-refractivity contribution in [3.05, 3.63) is 28.7 Å². The molecule has 0 bridgehead atoms. The highest BCUT2D eigenvalue weighted by Gasteiger charge is 2.43. The van der Waals surface area contributed by atoms with Gasteiger partial charge in [0.2, 0.25) is 11.8 Å². The first-order valence-corrected chi connectivity index (χ1v) is 10.4. The number of carbonyl (C=O) groups excluding carboxylic acids is 2. The molecule has 2 fully saturated rings. The molecule has 1 aromatic carbocycles. The molecule has 7 heteroatoms. The molecule has 2 amide bonds. The molecule has 0 aromatic heterocycles. The van der Waals surface area contributed by atoms with Crippen molar-refractivity contribution in [3.63, 3.8) is 0 Å². The van der Waals surface area contributed by atoms with E-state index in [-0.39, 0.29) is 29.5 Å². The molecule has 1 unspecified atom stereocenters. The first-order valence-electron chi connectivity index (χ1n) is 8.68. The molecule has 1 N–H and O–H groups in total. The fourth-order valence-electron chi connectivity index (χ4n) is 3.27. The van der Waals surface area contributed by atoms with Crippen LogP contribution in [0.1, 0.15) is 39.0 Å². The minimum absolute atomic E-state index is 0.0371. The van der Waals surface area contributed by atoms with Crippen molar-refractivity contribution in [1.29, 1.82) is 0 Å². The van der Waals surface area contributed by atoms with Gasteiger partial charge in [-0.15, -0.1) is 0 Å². The van der Waals surface area contributed by atoms with E-state index in [2.05, 4.69) is 26.2 Å². The second kappa shape index (κ2) is 8.36.